The second-order valence-electron chi connectivity index (χ2n) is 4.81. The molecule has 0 aliphatic carbocycles. The maximum Gasteiger partial charge on any atom is 0.233 e. The Morgan fingerprint density at radius 1 is 1.35 bits per heavy atom. The standard InChI is InChI=1S/C13H18N2O3S2/c14-20(17,18)10-11-5-4-8-15(11)13(16)9-19-12-6-2-1-3-7-12/h1-3,6-7,11H,4-5,8-10H2,(H2,14,17,18). The van der Waals surface area contributed by atoms with E-state index in [0.717, 1.165) is 11.3 Å². The predicted octanol–water partition coefficient (Wildman–Crippen LogP) is 1.06. The summed E-state index contributed by atoms with van der Waals surface area (Å²) in [5.74, 6) is 0.157. The normalized spacial score (nSPS) is 19.2. The van der Waals surface area contributed by atoms with Crippen molar-refractivity contribution in [3.8, 4) is 0 Å². The van der Waals surface area contributed by atoms with Gasteiger partial charge in [-0.05, 0) is 25.0 Å². The van der Waals surface area contributed by atoms with Gasteiger partial charge < -0.3 is 4.90 Å². The van der Waals surface area contributed by atoms with Gasteiger partial charge in [-0.3, -0.25) is 4.79 Å². The van der Waals surface area contributed by atoms with Crippen LogP contribution in [0, 0.1) is 0 Å². The van der Waals surface area contributed by atoms with E-state index >= 15 is 0 Å². The van der Waals surface area contributed by atoms with Crippen LogP contribution in [0.1, 0.15) is 12.8 Å². The largest absolute Gasteiger partial charge is 0.338 e. The van der Waals surface area contributed by atoms with Gasteiger partial charge in [0.25, 0.3) is 0 Å². The average Bonchev–Trinajstić information content (AvgIpc) is 2.83. The highest BCUT2D eigenvalue weighted by atomic mass is 32.2. The summed E-state index contributed by atoms with van der Waals surface area (Å²) in [6.07, 6.45) is 1.54. The van der Waals surface area contributed by atoms with Crippen LogP contribution in [-0.2, 0) is 14.8 Å². The lowest BCUT2D eigenvalue weighted by atomic mass is 10.2. The molecule has 1 amide bonds. The molecule has 2 N–H and O–H groups in total. The molecular formula is C13H18N2O3S2. The second-order valence-corrected chi connectivity index (χ2v) is 7.52. The molecule has 1 aliphatic rings. The van der Waals surface area contributed by atoms with Crippen molar-refractivity contribution in [3.63, 3.8) is 0 Å². The van der Waals surface area contributed by atoms with Gasteiger partial charge in [-0.2, -0.15) is 0 Å². The fourth-order valence-electron chi connectivity index (χ4n) is 2.35. The van der Waals surface area contributed by atoms with E-state index in [1.54, 1.807) is 4.90 Å². The lowest BCUT2D eigenvalue weighted by molar-refractivity contribution is -0.128. The van der Waals surface area contributed by atoms with Crippen LogP contribution < -0.4 is 5.14 Å². The lowest BCUT2D eigenvalue weighted by Crippen LogP contribution is -2.41. The minimum atomic E-state index is -3.54. The molecule has 0 radical (unpaired) electrons. The van der Waals surface area contributed by atoms with Gasteiger partial charge in [-0.1, -0.05) is 18.2 Å². The SMILES string of the molecule is NS(=O)(=O)CC1CCCN1C(=O)CSc1ccccc1. The monoisotopic (exact) mass is 314 g/mol. The van der Waals surface area contributed by atoms with Crippen molar-refractivity contribution < 1.29 is 13.2 Å². The number of nitrogens with zero attached hydrogens (tertiary/aromatic N) is 1. The number of likely N-dealkylation sites (tertiary alicyclic amines) is 1. The molecule has 1 fully saturated rings. The maximum atomic E-state index is 12.2. The average molecular weight is 314 g/mol. The predicted molar refractivity (Wildman–Crippen MR) is 79.9 cm³/mol. The Labute approximate surface area is 123 Å². The zero-order valence-corrected chi connectivity index (χ0v) is 12.7. The summed E-state index contributed by atoms with van der Waals surface area (Å²) in [5.41, 5.74) is 0. The van der Waals surface area contributed by atoms with E-state index in [0.29, 0.717) is 18.7 Å². The molecule has 1 atom stereocenters. The molecule has 0 spiro atoms. The third-order valence-electron chi connectivity index (χ3n) is 3.23. The van der Waals surface area contributed by atoms with Gasteiger partial charge in [0.2, 0.25) is 15.9 Å². The van der Waals surface area contributed by atoms with Crippen molar-refractivity contribution in [2.75, 3.05) is 18.1 Å². The summed E-state index contributed by atoms with van der Waals surface area (Å²) in [7, 11) is -3.54. The Morgan fingerprint density at radius 3 is 2.70 bits per heavy atom. The van der Waals surface area contributed by atoms with E-state index in [1.807, 2.05) is 30.3 Å². The van der Waals surface area contributed by atoms with Gasteiger partial charge in [0.05, 0.1) is 11.5 Å². The molecule has 1 aromatic carbocycles. The molecule has 5 nitrogen and oxygen atoms in total. The molecule has 1 saturated heterocycles. The van der Waals surface area contributed by atoms with Gasteiger partial charge in [0, 0.05) is 17.5 Å². The zero-order valence-electron chi connectivity index (χ0n) is 11.1. The molecule has 7 heteroatoms. The summed E-state index contributed by atoms with van der Waals surface area (Å²) in [5, 5.41) is 5.07. The van der Waals surface area contributed by atoms with Crippen molar-refractivity contribution in [1.29, 1.82) is 0 Å². The fourth-order valence-corrected chi connectivity index (χ4v) is 4.04. The number of carbonyl (C=O) groups excluding carboxylic acids is 1. The summed E-state index contributed by atoms with van der Waals surface area (Å²) < 4.78 is 22.3. The van der Waals surface area contributed by atoms with Crippen LogP contribution in [0.5, 0.6) is 0 Å². The first-order valence-electron chi connectivity index (χ1n) is 6.43. The van der Waals surface area contributed by atoms with Crippen molar-refractivity contribution in [1.82, 2.24) is 4.90 Å². The Hall–Kier alpha value is -1.05. The number of hydrogen-bond acceptors (Lipinski definition) is 4. The number of benzene rings is 1. The minimum absolute atomic E-state index is 0.0231. The highest BCUT2D eigenvalue weighted by Gasteiger charge is 2.31. The lowest BCUT2D eigenvalue weighted by Gasteiger charge is -2.23. The topological polar surface area (TPSA) is 80.5 Å². The number of carbonyl (C=O) groups is 1. The summed E-state index contributed by atoms with van der Waals surface area (Å²) in [6.45, 7) is 0.619. The van der Waals surface area contributed by atoms with Gasteiger partial charge in [0.15, 0.2) is 0 Å². The van der Waals surface area contributed by atoms with Crippen LogP contribution in [0.2, 0.25) is 0 Å². The quantitative estimate of drug-likeness (QED) is 0.824. The van der Waals surface area contributed by atoms with Gasteiger partial charge in [-0.25, -0.2) is 13.6 Å². The number of rotatable bonds is 5. The van der Waals surface area contributed by atoms with Crippen LogP contribution in [-0.4, -0.2) is 43.3 Å². The molecule has 1 unspecified atom stereocenters. The van der Waals surface area contributed by atoms with Crippen LogP contribution >= 0.6 is 11.8 Å². The van der Waals surface area contributed by atoms with E-state index in [9.17, 15) is 13.2 Å². The third-order valence-corrected chi connectivity index (χ3v) is 5.07. The molecular weight excluding hydrogens is 296 g/mol. The first-order valence-corrected chi connectivity index (χ1v) is 9.13. The first kappa shape index (κ1) is 15.3. The smallest absolute Gasteiger partial charge is 0.233 e. The summed E-state index contributed by atoms with van der Waals surface area (Å²) in [4.78, 5) is 14.9. The van der Waals surface area contributed by atoms with Crippen molar-refractivity contribution >= 4 is 27.7 Å². The number of hydrogen-bond donors (Lipinski definition) is 1. The molecule has 20 heavy (non-hydrogen) atoms. The molecule has 110 valence electrons. The molecule has 0 saturated carbocycles. The number of thioether (sulfide) groups is 1. The molecule has 1 aliphatic heterocycles. The van der Waals surface area contributed by atoms with Gasteiger partial charge in [-0.15, -0.1) is 11.8 Å². The Balaban J connectivity index is 1.91. The molecule has 1 aromatic rings. The first-order chi connectivity index (χ1) is 9.46. The number of sulfonamides is 1. The molecule has 0 bridgehead atoms. The maximum absolute atomic E-state index is 12.2. The van der Waals surface area contributed by atoms with Crippen LogP contribution in [0.15, 0.2) is 35.2 Å². The van der Waals surface area contributed by atoms with E-state index < -0.39 is 10.0 Å². The zero-order chi connectivity index (χ0) is 14.6. The molecule has 2 rings (SSSR count). The van der Waals surface area contributed by atoms with Gasteiger partial charge in [0.1, 0.15) is 0 Å². The van der Waals surface area contributed by atoms with Crippen molar-refractivity contribution in [3.05, 3.63) is 30.3 Å². The third kappa shape index (κ3) is 4.50. The number of primary sulfonamides is 1. The highest BCUT2D eigenvalue weighted by Crippen LogP contribution is 2.22. The van der Waals surface area contributed by atoms with Crippen molar-refractivity contribution in [2.45, 2.75) is 23.8 Å². The summed E-state index contributed by atoms with van der Waals surface area (Å²) >= 11 is 1.46. The fraction of sp³-hybridized carbons (Fsp3) is 0.462. The van der Waals surface area contributed by atoms with Crippen LogP contribution in [0.3, 0.4) is 0 Å². The minimum Gasteiger partial charge on any atom is -0.338 e. The number of amides is 1. The van der Waals surface area contributed by atoms with E-state index in [1.165, 1.54) is 11.8 Å². The Morgan fingerprint density at radius 2 is 2.05 bits per heavy atom. The van der Waals surface area contributed by atoms with Crippen LogP contribution in [0.25, 0.3) is 0 Å². The van der Waals surface area contributed by atoms with Gasteiger partial charge >= 0.3 is 0 Å². The summed E-state index contributed by atoms with van der Waals surface area (Å²) in [6, 6.07) is 9.40. The number of nitrogens with two attached hydrogens (primary N) is 1. The molecule has 1 heterocycles. The van der Waals surface area contributed by atoms with E-state index in [4.69, 9.17) is 5.14 Å². The van der Waals surface area contributed by atoms with Crippen molar-refractivity contribution in [2.24, 2.45) is 5.14 Å². The van der Waals surface area contributed by atoms with Crippen LogP contribution in [0.4, 0.5) is 0 Å². The molecule has 0 aromatic heterocycles. The Bertz CT molecular complexity index is 560. The second kappa shape index (κ2) is 6.60. The highest BCUT2D eigenvalue weighted by molar-refractivity contribution is 8.00. The Kier molecular flexibility index (Phi) is 5.06. The van der Waals surface area contributed by atoms with E-state index in [-0.39, 0.29) is 17.7 Å². The van der Waals surface area contributed by atoms with E-state index in [2.05, 4.69) is 0 Å².